The number of carboxylic acids is 1. The molecule has 0 heterocycles. The Kier molecular flexibility index (Phi) is 7.91. The highest BCUT2D eigenvalue weighted by molar-refractivity contribution is 5.85. The molecule has 2 atom stereocenters. The molecule has 1 rings (SSSR count). The number of nitrogens with zero attached hydrogens (tertiary/aromatic N) is 1. The van der Waals surface area contributed by atoms with Crippen LogP contribution in [-0.2, 0) is 20.8 Å². The van der Waals surface area contributed by atoms with Crippen LogP contribution in [0.2, 0.25) is 0 Å². The minimum absolute atomic E-state index is 0.151. The normalized spacial score (nSPS) is 13.2. The van der Waals surface area contributed by atoms with Crippen molar-refractivity contribution in [3.63, 3.8) is 0 Å². The summed E-state index contributed by atoms with van der Waals surface area (Å²) in [4.78, 5) is 34.4. The number of aliphatic carboxylic acids is 1. The van der Waals surface area contributed by atoms with Gasteiger partial charge in [-0.1, -0.05) is 44.2 Å². The molecule has 0 fully saturated rings. The van der Waals surface area contributed by atoms with Gasteiger partial charge in [-0.05, 0) is 17.9 Å². The molecule has 0 saturated carbocycles. The Morgan fingerprint density at radius 3 is 2.38 bits per heavy atom. The van der Waals surface area contributed by atoms with E-state index in [0.29, 0.717) is 11.5 Å². The van der Waals surface area contributed by atoms with Crippen LogP contribution in [0.25, 0.3) is 0 Å². The van der Waals surface area contributed by atoms with Gasteiger partial charge in [0.15, 0.2) is 0 Å². The van der Waals surface area contributed by atoms with Gasteiger partial charge in [-0.25, -0.2) is 9.86 Å². The number of carboxylic acid groups (broad SMARTS) is 1. The van der Waals surface area contributed by atoms with Crippen molar-refractivity contribution in [2.75, 3.05) is 6.54 Å². The van der Waals surface area contributed by atoms with E-state index in [4.69, 9.17) is 0 Å². The molecule has 132 valence electrons. The quantitative estimate of drug-likeness (QED) is 0.339. The van der Waals surface area contributed by atoms with Gasteiger partial charge in [0, 0.05) is 6.42 Å². The first-order valence-electron chi connectivity index (χ1n) is 7.81. The molecule has 0 aliphatic heterocycles. The maximum atomic E-state index is 12.4. The van der Waals surface area contributed by atoms with E-state index >= 15 is 0 Å². The van der Waals surface area contributed by atoms with Crippen molar-refractivity contribution in [3.05, 3.63) is 35.9 Å². The summed E-state index contributed by atoms with van der Waals surface area (Å²) >= 11 is 0. The number of hydrogen-bond acceptors (Lipinski definition) is 4. The zero-order valence-electron chi connectivity index (χ0n) is 13.9. The largest absolute Gasteiger partial charge is 0.480 e. The number of hydroxylamine groups is 2. The Morgan fingerprint density at radius 2 is 1.88 bits per heavy atom. The van der Waals surface area contributed by atoms with Crippen LogP contribution in [0.4, 0.5) is 0 Å². The molecule has 0 spiro atoms. The number of carbonyl (C=O) groups is 3. The summed E-state index contributed by atoms with van der Waals surface area (Å²) in [5, 5.41) is 21.6. The summed E-state index contributed by atoms with van der Waals surface area (Å²) in [7, 11) is 0. The number of carbonyl (C=O) groups excluding carboxylic acids is 2. The lowest BCUT2D eigenvalue weighted by Crippen LogP contribution is -2.47. The molecule has 0 aliphatic rings. The second kappa shape index (κ2) is 9.67. The van der Waals surface area contributed by atoms with E-state index in [1.54, 1.807) is 24.3 Å². The molecular formula is C17H24N2O5. The number of amides is 2. The van der Waals surface area contributed by atoms with Crippen LogP contribution in [0.1, 0.15) is 25.8 Å². The summed E-state index contributed by atoms with van der Waals surface area (Å²) in [6.45, 7) is 3.63. The molecule has 0 bridgehead atoms. The summed E-state index contributed by atoms with van der Waals surface area (Å²) in [5.74, 6) is -2.16. The Bertz CT molecular complexity index is 547. The molecule has 7 nitrogen and oxygen atoms in total. The van der Waals surface area contributed by atoms with Gasteiger partial charge in [0.1, 0.15) is 6.04 Å². The van der Waals surface area contributed by atoms with E-state index < -0.39 is 23.8 Å². The molecule has 2 amide bonds. The molecule has 0 aliphatic carbocycles. The van der Waals surface area contributed by atoms with Crippen molar-refractivity contribution in [2.24, 2.45) is 11.8 Å². The van der Waals surface area contributed by atoms with E-state index in [2.05, 4.69) is 5.32 Å². The average Bonchev–Trinajstić information content (AvgIpc) is 2.53. The molecule has 3 N–H and O–H groups in total. The summed E-state index contributed by atoms with van der Waals surface area (Å²) in [5.41, 5.74) is 0.794. The van der Waals surface area contributed by atoms with Crippen molar-refractivity contribution in [1.82, 2.24) is 10.4 Å². The number of hydrogen-bond donors (Lipinski definition) is 3. The van der Waals surface area contributed by atoms with Gasteiger partial charge < -0.3 is 10.4 Å². The standard InChI is InChI=1S/C17H24N2O5/c1-12(2)8-14(10-19(24)11-20)16(21)18-15(17(22)23)9-13-6-4-3-5-7-13/h3-7,11-12,14-15,24H,8-10H2,1-2H3,(H,18,21)(H,22,23)/t14-,15+/m1/s1. The fourth-order valence-electron chi connectivity index (χ4n) is 2.44. The van der Waals surface area contributed by atoms with Gasteiger partial charge in [-0.15, -0.1) is 0 Å². The van der Waals surface area contributed by atoms with Crippen molar-refractivity contribution >= 4 is 18.3 Å². The predicted molar refractivity (Wildman–Crippen MR) is 87.2 cm³/mol. The molecule has 1 aromatic rings. The van der Waals surface area contributed by atoms with Crippen LogP contribution in [0.3, 0.4) is 0 Å². The lowest BCUT2D eigenvalue weighted by atomic mass is 9.95. The highest BCUT2D eigenvalue weighted by Gasteiger charge is 2.27. The molecule has 7 heteroatoms. The van der Waals surface area contributed by atoms with Gasteiger partial charge in [-0.3, -0.25) is 14.8 Å². The molecule has 0 aromatic heterocycles. The topological polar surface area (TPSA) is 107 Å². The SMILES string of the molecule is CC(C)C[C@H](CN(O)C=O)C(=O)N[C@@H](Cc1ccccc1)C(=O)O. The Morgan fingerprint density at radius 1 is 1.25 bits per heavy atom. The first-order valence-corrected chi connectivity index (χ1v) is 7.81. The average molecular weight is 336 g/mol. The van der Waals surface area contributed by atoms with E-state index in [9.17, 15) is 24.7 Å². The van der Waals surface area contributed by atoms with Gasteiger partial charge in [0.25, 0.3) is 0 Å². The third-order valence-corrected chi connectivity index (χ3v) is 3.55. The van der Waals surface area contributed by atoms with E-state index in [0.717, 1.165) is 5.56 Å². The minimum Gasteiger partial charge on any atom is -0.480 e. The van der Waals surface area contributed by atoms with Crippen LogP contribution < -0.4 is 5.32 Å². The van der Waals surface area contributed by atoms with Crippen LogP contribution in [0, 0.1) is 11.8 Å². The van der Waals surface area contributed by atoms with Crippen molar-refractivity contribution in [3.8, 4) is 0 Å². The third-order valence-electron chi connectivity index (χ3n) is 3.55. The van der Waals surface area contributed by atoms with Crippen LogP contribution >= 0.6 is 0 Å². The van der Waals surface area contributed by atoms with Gasteiger partial charge in [0.05, 0.1) is 12.5 Å². The monoisotopic (exact) mass is 336 g/mol. The van der Waals surface area contributed by atoms with Gasteiger partial charge in [-0.2, -0.15) is 0 Å². The van der Waals surface area contributed by atoms with E-state index in [1.165, 1.54) is 0 Å². The predicted octanol–water partition coefficient (Wildman–Crippen LogP) is 1.31. The first kappa shape index (κ1) is 19.6. The zero-order valence-corrected chi connectivity index (χ0v) is 13.9. The molecule has 24 heavy (non-hydrogen) atoms. The number of nitrogens with one attached hydrogen (secondary N) is 1. The Hall–Kier alpha value is -2.41. The third kappa shape index (κ3) is 6.78. The Labute approximate surface area is 141 Å². The molecule has 0 unspecified atom stereocenters. The number of rotatable bonds is 10. The summed E-state index contributed by atoms with van der Waals surface area (Å²) in [6, 6.07) is 7.92. The maximum Gasteiger partial charge on any atom is 0.326 e. The molecular weight excluding hydrogens is 312 g/mol. The summed E-state index contributed by atoms with van der Waals surface area (Å²) in [6.07, 6.45) is 0.806. The van der Waals surface area contributed by atoms with Gasteiger partial charge in [0.2, 0.25) is 12.3 Å². The van der Waals surface area contributed by atoms with E-state index in [1.807, 2.05) is 19.9 Å². The second-order valence-corrected chi connectivity index (χ2v) is 6.14. The van der Waals surface area contributed by atoms with Gasteiger partial charge >= 0.3 is 5.97 Å². The van der Waals surface area contributed by atoms with Crippen LogP contribution in [0.15, 0.2) is 30.3 Å². The van der Waals surface area contributed by atoms with Crippen LogP contribution in [-0.4, -0.2) is 46.3 Å². The van der Waals surface area contributed by atoms with Crippen LogP contribution in [0.5, 0.6) is 0 Å². The van der Waals surface area contributed by atoms with Crippen molar-refractivity contribution in [1.29, 1.82) is 0 Å². The highest BCUT2D eigenvalue weighted by atomic mass is 16.5. The maximum absolute atomic E-state index is 12.4. The fraction of sp³-hybridized carbons (Fsp3) is 0.471. The smallest absolute Gasteiger partial charge is 0.326 e. The van der Waals surface area contributed by atoms with Crippen molar-refractivity contribution in [2.45, 2.75) is 32.7 Å². The second-order valence-electron chi connectivity index (χ2n) is 6.14. The molecule has 0 radical (unpaired) electrons. The van der Waals surface area contributed by atoms with Crippen molar-refractivity contribution < 1.29 is 24.7 Å². The lowest BCUT2D eigenvalue weighted by molar-refractivity contribution is -0.155. The summed E-state index contributed by atoms with van der Waals surface area (Å²) < 4.78 is 0. The minimum atomic E-state index is -1.13. The molecule has 0 saturated heterocycles. The molecule has 1 aromatic carbocycles. The Balaban J connectivity index is 2.79. The number of benzene rings is 1. The lowest BCUT2D eigenvalue weighted by Gasteiger charge is -2.23. The van der Waals surface area contributed by atoms with E-state index in [-0.39, 0.29) is 25.3 Å². The highest BCUT2D eigenvalue weighted by Crippen LogP contribution is 2.14. The fourth-order valence-corrected chi connectivity index (χ4v) is 2.44. The zero-order chi connectivity index (χ0) is 18.1. The first-order chi connectivity index (χ1) is 11.3.